The predicted octanol–water partition coefficient (Wildman–Crippen LogP) is 5.49. The van der Waals surface area contributed by atoms with Crippen LogP contribution in [0.5, 0.6) is 11.5 Å². The number of ether oxygens (including phenoxy) is 3. The summed E-state index contributed by atoms with van der Waals surface area (Å²) in [6.45, 7) is 5.55. The maximum atomic E-state index is 12.7. The molecule has 36 heavy (non-hydrogen) atoms. The number of methoxy groups -OCH3 is 1. The number of esters is 1. The molecule has 0 N–H and O–H groups in total. The normalized spacial score (nSPS) is 13.2. The minimum Gasteiger partial charge on any atom is -0.495 e. The van der Waals surface area contributed by atoms with Crippen molar-refractivity contribution in [2.45, 2.75) is 13.0 Å². The summed E-state index contributed by atoms with van der Waals surface area (Å²) in [7, 11) is 1.71. The van der Waals surface area contributed by atoms with Gasteiger partial charge < -0.3 is 19.1 Å². The lowest BCUT2D eigenvalue weighted by molar-refractivity contribution is 0.0482. The van der Waals surface area contributed by atoms with Gasteiger partial charge in [0.1, 0.15) is 23.7 Å². The lowest BCUT2D eigenvalue weighted by Crippen LogP contribution is -2.46. The topological polar surface area (TPSA) is 51.2 Å². The Balaban J connectivity index is 0.00000228. The van der Waals surface area contributed by atoms with Crippen LogP contribution in [0.2, 0.25) is 0 Å². The van der Waals surface area contributed by atoms with E-state index < -0.39 is 0 Å². The van der Waals surface area contributed by atoms with Crippen LogP contribution in [0.4, 0.5) is 5.69 Å². The molecule has 1 saturated heterocycles. The third-order valence-corrected chi connectivity index (χ3v) is 5.99. The molecule has 3 aromatic rings. The van der Waals surface area contributed by atoms with Crippen molar-refractivity contribution in [3.8, 4) is 11.5 Å². The van der Waals surface area contributed by atoms with Crippen molar-refractivity contribution >= 4 is 36.5 Å². The highest BCUT2D eigenvalue weighted by Crippen LogP contribution is 2.28. The van der Waals surface area contributed by atoms with Gasteiger partial charge in [-0.25, -0.2) is 4.79 Å². The number of carbonyl (C=O) groups is 1. The molecule has 1 aliphatic heterocycles. The Labute approximate surface area is 226 Å². The van der Waals surface area contributed by atoms with Gasteiger partial charge in [-0.05, 0) is 36.2 Å². The Morgan fingerprint density at radius 2 is 1.44 bits per heavy atom. The molecule has 0 spiro atoms. The van der Waals surface area contributed by atoms with E-state index >= 15 is 0 Å². The van der Waals surface area contributed by atoms with E-state index in [1.807, 2.05) is 60.7 Å². The molecule has 0 saturated carbocycles. The van der Waals surface area contributed by atoms with Crippen LogP contribution >= 0.6 is 24.8 Å². The van der Waals surface area contributed by atoms with Crippen LogP contribution in [0.25, 0.3) is 0 Å². The van der Waals surface area contributed by atoms with Gasteiger partial charge in [0, 0.05) is 32.7 Å². The molecule has 0 amide bonds. The highest BCUT2D eigenvalue weighted by Gasteiger charge is 2.19. The Hall–Kier alpha value is -2.93. The second kappa shape index (κ2) is 15.2. The number of nitrogens with zero attached hydrogens (tertiary/aromatic N) is 2. The molecule has 194 valence electrons. The van der Waals surface area contributed by atoms with Gasteiger partial charge in [-0.3, -0.25) is 4.90 Å². The van der Waals surface area contributed by atoms with Crippen molar-refractivity contribution < 1.29 is 19.0 Å². The highest BCUT2D eigenvalue weighted by atomic mass is 35.5. The van der Waals surface area contributed by atoms with Gasteiger partial charge >= 0.3 is 5.97 Å². The Morgan fingerprint density at radius 3 is 2.17 bits per heavy atom. The zero-order valence-electron chi connectivity index (χ0n) is 20.5. The smallest absolute Gasteiger partial charge is 0.341 e. The molecule has 3 aromatic carbocycles. The first-order valence-corrected chi connectivity index (χ1v) is 11.8. The van der Waals surface area contributed by atoms with Gasteiger partial charge in [-0.1, -0.05) is 54.6 Å². The maximum Gasteiger partial charge on any atom is 0.341 e. The average Bonchev–Trinajstić information content (AvgIpc) is 2.91. The van der Waals surface area contributed by atoms with Gasteiger partial charge in [-0.15, -0.1) is 24.8 Å². The Bertz CT molecular complexity index is 1060. The second-order valence-electron chi connectivity index (χ2n) is 8.26. The molecule has 0 aromatic heterocycles. The monoisotopic (exact) mass is 532 g/mol. The van der Waals surface area contributed by atoms with Crippen LogP contribution in [-0.4, -0.2) is 57.3 Å². The van der Waals surface area contributed by atoms with E-state index in [4.69, 9.17) is 14.2 Å². The molecule has 6 nitrogen and oxygen atoms in total. The molecule has 1 heterocycles. The number of anilines is 1. The quantitative estimate of drug-likeness (QED) is 0.254. The number of rotatable bonds is 10. The van der Waals surface area contributed by atoms with E-state index in [1.54, 1.807) is 19.2 Å². The minimum absolute atomic E-state index is 0. The van der Waals surface area contributed by atoms with Gasteiger partial charge in [-0.2, -0.15) is 0 Å². The summed E-state index contributed by atoms with van der Waals surface area (Å²) in [5, 5.41) is 0. The summed E-state index contributed by atoms with van der Waals surface area (Å²) in [6.07, 6.45) is 0.799. The lowest BCUT2D eigenvalue weighted by atomic mass is 10.2. The van der Waals surface area contributed by atoms with E-state index in [2.05, 4.69) is 15.9 Å². The van der Waals surface area contributed by atoms with Crippen molar-refractivity contribution in [1.82, 2.24) is 4.90 Å². The summed E-state index contributed by atoms with van der Waals surface area (Å²) in [5.74, 6) is 1.12. The van der Waals surface area contributed by atoms with Crippen LogP contribution < -0.4 is 14.4 Å². The minimum atomic E-state index is -0.343. The van der Waals surface area contributed by atoms with E-state index in [0.29, 0.717) is 24.5 Å². The third-order valence-electron chi connectivity index (χ3n) is 5.99. The van der Waals surface area contributed by atoms with Crippen LogP contribution in [0.15, 0.2) is 78.9 Å². The molecule has 0 radical (unpaired) electrons. The van der Waals surface area contributed by atoms with E-state index in [1.165, 1.54) is 0 Å². The fraction of sp³-hybridized carbons (Fsp3) is 0.321. The van der Waals surface area contributed by atoms with Gasteiger partial charge in [0.05, 0.1) is 19.4 Å². The van der Waals surface area contributed by atoms with Crippen LogP contribution in [-0.2, 0) is 11.3 Å². The Kier molecular flexibility index (Phi) is 12.4. The largest absolute Gasteiger partial charge is 0.495 e. The fourth-order valence-corrected chi connectivity index (χ4v) is 4.13. The highest BCUT2D eigenvalue weighted by molar-refractivity contribution is 5.92. The zero-order chi connectivity index (χ0) is 23.6. The molecular weight excluding hydrogens is 499 g/mol. The predicted molar refractivity (Wildman–Crippen MR) is 148 cm³/mol. The standard InChI is InChI=1S/C28H32N2O4.2ClH/c1-32-27-15-8-6-13-25(27)30-19-17-29(18-20-30)16-9-21-33-28(31)24-12-5-7-14-26(24)34-22-23-10-3-2-4-11-23;;/h2-8,10-15H,9,16-22H2,1H3;2*1H. The van der Waals surface area contributed by atoms with E-state index in [0.717, 1.165) is 56.1 Å². The van der Waals surface area contributed by atoms with Crippen LogP contribution in [0.3, 0.4) is 0 Å². The first-order valence-electron chi connectivity index (χ1n) is 11.8. The Morgan fingerprint density at radius 1 is 0.806 bits per heavy atom. The first-order chi connectivity index (χ1) is 16.7. The summed E-state index contributed by atoms with van der Waals surface area (Å²) < 4.78 is 16.9. The molecule has 1 fully saturated rings. The number of hydrogen-bond donors (Lipinski definition) is 0. The van der Waals surface area contributed by atoms with Gasteiger partial charge in [0.15, 0.2) is 0 Å². The summed E-state index contributed by atoms with van der Waals surface area (Å²) in [6, 6.07) is 25.3. The zero-order valence-corrected chi connectivity index (χ0v) is 22.1. The molecule has 0 unspecified atom stereocenters. The molecular formula is C28H34Cl2N2O4. The molecule has 0 atom stereocenters. The maximum absolute atomic E-state index is 12.7. The average molecular weight is 533 g/mol. The summed E-state index contributed by atoms with van der Waals surface area (Å²) in [5.41, 5.74) is 2.66. The number of hydrogen-bond acceptors (Lipinski definition) is 6. The summed E-state index contributed by atoms with van der Waals surface area (Å²) in [4.78, 5) is 17.4. The molecule has 8 heteroatoms. The molecule has 4 rings (SSSR count). The van der Waals surface area contributed by atoms with Crippen molar-refractivity contribution in [2.24, 2.45) is 0 Å². The van der Waals surface area contributed by atoms with E-state index in [-0.39, 0.29) is 30.8 Å². The van der Waals surface area contributed by atoms with Crippen molar-refractivity contribution in [1.29, 1.82) is 0 Å². The number of halogens is 2. The fourth-order valence-electron chi connectivity index (χ4n) is 4.13. The van der Waals surface area contributed by atoms with Crippen LogP contribution in [0.1, 0.15) is 22.3 Å². The van der Waals surface area contributed by atoms with Gasteiger partial charge in [0.25, 0.3) is 0 Å². The number of benzene rings is 3. The number of piperazine rings is 1. The van der Waals surface area contributed by atoms with Crippen molar-refractivity contribution in [3.63, 3.8) is 0 Å². The lowest BCUT2D eigenvalue weighted by Gasteiger charge is -2.36. The van der Waals surface area contributed by atoms with Crippen LogP contribution in [0, 0.1) is 0 Å². The third kappa shape index (κ3) is 8.05. The van der Waals surface area contributed by atoms with Crippen molar-refractivity contribution in [2.75, 3.05) is 51.3 Å². The van der Waals surface area contributed by atoms with E-state index in [9.17, 15) is 4.79 Å². The molecule has 1 aliphatic rings. The van der Waals surface area contributed by atoms with Crippen molar-refractivity contribution in [3.05, 3.63) is 90.0 Å². The van der Waals surface area contributed by atoms with Gasteiger partial charge in [0.2, 0.25) is 0 Å². The summed E-state index contributed by atoms with van der Waals surface area (Å²) >= 11 is 0. The second-order valence-corrected chi connectivity index (χ2v) is 8.26. The number of para-hydroxylation sites is 3. The molecule has 0 bridgehead atoms. The molecule has 0 aliphatic carbocycles. The first kappa shape index (κ1) is 29.3. The SMILES string of the molecule is COc1ccccc1N1CCN(CCCOC(=O)c2ccccc2OCc2ccccc2)CC1.Cl.Cl. The number of carbonyl (C=O) groups excluding carboxylic acids is 1.